The first kappa shape index (κ1) is 15.8. The maximum absolute atomic E-state index is 12.2. The molecular weight excluding hydrogens is 340 g/mol. The van der Waals surface area contributed by atoms with Crippen LogP contribution in [0.1, 0.15) is 23.2 Å². The lowest BCUT2D eigenvalue weighted by Crippen LogP contribution is -2.46. The van der Waals surface area contributed by atoms with Crippen molar-refractivity contribution in [2.24, 2.45) is 5.41 Å². The zero-order valence-corrected chi connectivity index (χ0v) is 13.0. The Kier molecular flexibility index (Phi) is 4.84. The van der Waals surface area contributed by atoms with E-state index < -0.39 is 11.4 Å². The van der Waals surface area contributed by atoms with Crippen LogP contribution in [-0.4, -0.2) is 36.7 Å². The zero-order valence-electron chi connectivity index (χ0n) is 11.4. The number of carbonyl (C=O) groups excluding carboxylic acids is 1. The zero-order chi connectivity index (χ0) is 15.5. The number of anilines is 1. The van der Waals surface area contributed by atoms with E-state index in [4.69, 9.17) is 10.5 Å². The van der Waals surface area contributed by atoms with E-state index in [1.807, 2.05) is 0 Å². The molecule has 1 heterocycles. The molecule has 0 aliphatic carbocycles. The molecule has 0 saturated carbocycles. The van der Waals surface area contributed by atoms with Crippen LogP contribution in [0.15, 0.2) is 22.7 Å². The lowest BCUT2D eigenvalue weighted by Gasteiger charge is -2.33. The number of nitrogen functional groups attached to an aromatic ring is 1. The predicted molar refractivity (Wildman–Crippen MR) is 81.0 cm³/mol. The van der Waals surface area contributed by atoms with Crippen molar-refractivity contribution in [1.82, 2.24) is 5.32 Å². The molecule has 7 heteroatoms. The summed E-state index contributed by atoms with van der Waals surface area (Å²) in [4.78, 5) is 23.7. The van der Waals surface area contributed by atoms with Crippen LogP contribution in [0, 0.1) is 5.41 Å². The van der Waals surface area contributed by atoms with Gasteiger partial charge in [0, 0.05) is 29.9 Å². The van der Waals surface area contributed by atoms with E-state index in [9.17, 15) is 14.7 Å². The minimum atomic E-state index is -0.958. The summed E-state index contributed by atoms with van der Waals surface area (Å²) < 4.78 is 5.82. The number of aliphatic carboxylic acids is 1. The summed E-state index contributed by atoms with van der Waals surface area (Å²) in [5, 5.41) is 12.1. The lowest BCUT2D eigenvalue weighted by atomic mass is 9.80. The number of hydrogen-bond acceptors (Lipinski definition) is 4. The first-order chi connectivity index (χ1) is 9.94. The van der Waals surface area contributed by atoms with Crippen LogP contribution in [-0.2, 0) is 9.53 Å². The van der Waals surface area contributed by atoms with Gasteiger partial charge in [-0.15, -0.1) is 0 Å². The number of rotatable bonds is 4. The van der Waals surface area contributed by atoms with Crippen molar-refractivity contribution in [3.05, 3.63) is 28.2 Å². The standard InChI is InChI=1S/C14H17BrN2O4/c15-11-2-1-9(16)7-10(11)12(18)17-8-14(13(19)20)3-5-21-6-4-14/h1-2,7H,3-6,8,16H2,(H,17,18)(H,19,20). The number of nitrogens with two attached hydrogens (primary N) is 1. The second-order valence-electron chi connectivity index (χ2n) is 5.12. The van der Waals surface area contributed by atoms with Gasteiger partial charge in [0.1, 0.15) is 0 Å². The molecular formula is C14H17BrN2O4. The van der Waals surface area contributed by atoms with Crippen LogP contribution in [0.2, 0.25) is 0 Å². The van der Waals surface area contributed by atoms with Gasteiger partial charge in [0.05, 0.1) is 11.0 Å². The number of halogens is 1. The number of carbonyl (C=O) groups is 2. The molecule has 4 N–H and O–H groups in total. The molecule has 6 nitrogen and oxygen atoms in total. The third-order valence-corrected chi connectivity index (χ3v) is 4.42. The quantitative estimate of drug-likeness (QED) is 0.711. The highest BCUT2D eigenvalue weighted by molar-refractivity contribution is 9.10. The van der Waals surface area contributed by atoms with Gasteiger partial charge in [-0.2, -0.15) is 0 Å². The fraction of sp³-hybridized carbons (Fsp3) is 0.429. The van der Waals surface area contributed by atoms with E-state index >= 15 is 0 Å². The van der Waals surface area contributed by atoms with Gasteiger partial charge in [0.2, 0.25) is 0 Å². The molecule has 0 unspecified atom stereocenters. The highest BCUT2D eigenvalue weighted by atomic mass is 79.9. The Hall–Kier alpha value is -1.60. The van der Waals surface area contributed by atoms with Gasteiger partial charge in [-0.3, -0.25) is 9.59 Å². The first-order valence-electron chi connectivity index (χ1n) is 6.59. The van der Waals surface area contributed by atoms with E-state index in [-0.39, 0.29) is 12.5 Å². The highest BCUT2D eigenvalue weighted by Gasteiger charge is 2.40. The minimum absolute atomic E-state index is 0.0752. The topological polar surface area (TPSA) is 102 Å². The van der Waals surface area contributed by atoms with E-state index in [2.05, 4.69) is 21.2 Å². The van der Waals surface area contributed by atoms with E-state index in [1.165, 1.54) is 0 Å². The van der Waals surface area contributed by atoms with E-state index in [0.717, 1.165) is 0 Å². The summed E-state index contributed by atoms with van der Waals surface area (Å²) in [6, 6.07) is 4.92. The maximum atomic E-state index is 12.2. The highest BCUT2D eigenvalue weighted by Crippen LogP contribution is 2.30. The molecule has 1 saturated heterocycles. The van der Waals surface area contributed by atoms with Gasteiger partial charge in [0.15, 0.2) is 0 Å². The lowest BCUT2D eigenvalue weighted by molar-refractivity contribution is -0.154. The Morgan fingerprint density at radius 3 is 2.67 bits per heavy atom. The Labute approximate surface area is 130 Å². The van der Waals surface area contributed by atoms with Gasteiger partial charge in [-0.05, 0) is 47.0 Å². The normalized spacial score (nSPS) is 17.2. The summed E-state index contributed by atoms with van der Waals surface area (Å²) >= 11 is 3.29. The number of nitrogens with one attached hydrogen (secondary N) is 1. The monoisotopic (exact) mass is 356 g/mol. The summed E-state index contributed by atoms with van der Waals surface area (Å²) in [7, 11) is 0. The molecule has 21 heavy (non-hydrogen) atoms. The number of ether oxygens (including phenoxy) is 1. The van der Waals surface area contributed by atoms with Crippen LogP contribution in [0.5, 0.6) is 0 Å². The van der Waals surface area contributed by atoms with E-state index in [1.54, 1.807) is 18.2 Å². The fourth-order valence-electron chi connectivity index (χ4n) is 2.29. The van der Waals surface area contributed by atoms with Crippen molar-refractivity contribution < 1.29 is 19.4 Å². The third-order valence-electron chi connectivity index (χ3n) is 3.73. The Bertz CT molecular complexity index is 556. The van der Waals surface area contributed by atoms with Crippen molar-refractivity contribution in [3.63, 3.8) is 0 Å². The van der Waals surface area contributed by atoms with Crippen molar-refractivity contribution in [3.8, 4) is 0 Å². The molecule has 1 aliphatic rings. The molecule has 114 valence electrons. The Balaban J connectivity index is 2.08. The molecule has 0 aromatic heterocycles. The second-order valence-corrected chi connectivity index (χ2v) is 5.97. The molecule has 0 radical (unpaired) electrons. The number of benzene rings is 1. The number of carboxylic acid groups (broad SMARTS) is 1. The molecule has 1 fully saturated rings. The summed E-state index contributed by atoms with van der Waals surface area (Å²) in [6.45, 7) is 0.861. The van der Waals surface area contributed by atoms with Gasteiger partial charge in [-0.25, -0.2) is 0 Å². The maximum Gasteiger partial charge on any atom is 0.311 e. The van der Waals surface area contributed by atoms with Crippen LogP contribution in [0.3, 0.4) is 0 Å². The number of amides is 1. The van der Waals surface area contributed by atoms with Crippen LogP contribution in [0.25, 0.3) is 0 Å². The average molecular weight is 357 g/mol. The van der Waals surface area contributed by atoms with E-state index in [0.29, 0.717) is 41.8 Å². The van der Waals surface area contributed by atoms with Crippen molar-refractivity contribution in [1.29, 1.82) is 0 Å². The second kappa shape index (κ2) is 6.44. The minimum Gasteiger partial charge on any atom is -0.481 e. The van der Waals surface area contributed by atoms with Gasteiger partial charge in [-0.1, -0.05) is 0 Å². The Morgan fingerprint density at radius 1 is 1.38 bits per heavy atom. The molecule has 1 amide bonds. The summed E-state index contributed by atoms with van der Waals surface area (Å²) in [6.07, 6.45) is 0.779. The third kappa shape index (κ3) is 3.54. The van der Waals surface area contributed by atoms with Gasteiger partial charge in [0.25, 0.3) is 5.91 Å². The van der Waals surface area contributed by atoms with Gasteiger partial charge >= 0.3 is 5.97 Å². The number of hydrogen-bond donors (Lipinski definition) is 3. The first-order valence-corrected chi connectivity index (χ1v) is 7.38. The predicted octanol–water partition coefficient (Wildman–Crippen LogP) is 1.64. The summed E-state index contributed by atoms with van der Waals surface area (Å²) in [5.41, 5.74) is 5.58. The molecule has 1 aromatic rings. The van der Waals surface area contributed by atoms with Crippen LogP contribution < -0.4 is 11.1 Å². The molecule has 2 rings (SSSR count). The van der Waals surface area contributed by atoms with Crippen molar-refractivity contribution in [2.75, 3.05) is 25.5 Å². The van der Waals surface area contributed by atoms with Crippen LogP contribution in [0.4, 0.5) is 5.69 Å². The van der Waals surface area contributed by atoms with Crippen LogP contribution >= 0.6 is 15.9 Å². The van der Waals surface area contributed by atoms with Gasteiger partial charge < -0.3 is 20.9 Å². The molecule has 0 atom stereocenters. The Morgan fingerprint density at radius 2 is 2.05 bits per heavy atom. The molecule has 1 aliphatic heterocycles. The fourth-order valence-corrected chi connectivity index (χ4v) is 2.72. The molecule has 1 aromatic carbocycles. The summed E-state index contributed by atoms with van der Waals surface area (Å²) in [5.74, 6) is -1.25. The van der Waals surface area contributed by atoms with Crippen molar-refractivity contribution >= 4 is 33.5 Å². The molecule has 0 bridgehead atoms. The number of carboxylic acids is 1. The molecule has 0 spiro atoms. The van der Waals surface area contributed by atoms with Crippen molar-refractivity contribution in [2.45, 2.75) is 12.8 Å². The SMILES string of the molecule is Nc1ccc(Br)c(C(=O)NCC2(C(=O)O)CCOCC2)c1. The average Bonchev–Trinajstić information content (AvgIpc) is 2.48. The smallest absolute Gasteiger partial charge is 0.311 e. The largest absolute Gasteiger partial charge is 0.481 e.